The molecule has 0 fully saturated rings. The SMILES string of the molecule is CCCCn1cc(C)nc1NCCCCOCCOC. The third kappa shape index (κ3) is 6.91. The Kier molecular flexibility index (Phi) is 9.07. The Balaban J connectivity index is 2.14. The Labute approximate surface area is 122 Å². The molecule has 1 rings (SSSR count). The van der Waals surface area contributed by atoms with Crippen LogP contribution in [-0.2, 0) is 16.0 Å². The van der Waals surface area contributed by atoms with Crippen molar-refractivity contribution in [3.63, 3.8) is 0 Å². The van der Waals surface area contributed by atoms with E-state index in [-0.39, 0.29) is 0 Å². The predicted octanol–water partition coefficient (Wildman–Crippen LogP) is 2.85. The van der Waals surface area contributed by atoms with Gasteiger partial charge in [0.15, 0.2) is 0 Å². The van der Waals surface area contributed by atoms with E-state index in [9.17, 15) is 0 Å². The molecule has 1 heterocycles. The van der Waals surface area contributed by atoms with Gasteiger partial charge in [0.25, 0.3) is 0 Å². The van der Waals surface area contributed by atoms with Crippen LogP contribution in [0, 0.1) is 6.92 Å². The first-order chi connectivity index (χ1) is 9.77. The predicted molar refractivity (Wildman–Crippen MR) is 82.3 cm³/mol. The molecule has 0 aliphatic carbocycles. The van der Waals surface area contributed by atoms with Gasteiger partial charge in [-0.1, -0.05) is 13.3 Å². The van der Waals surface area contributed by atoms with Crippen molar-refractivity contribution >= 4 is 5.95 Å². The van der Waals surface area contributed by atoms with Gasteiger partial charge in [-0.3, -0.25) is 0 Å². The minimum atomic E-state index is 0.673. The number of aromatic nitrogens is 2. The Morgan fingerprint density at radius 1 is 1.20 bits per heavy atom. The summed E-state index contributed by atoms with van der Waals surface area (Å²) in [7, 11) is 1.69. The normalized spacial score (nSPS) is 10.9. The summed E-state index contributed by atoms with van der Waals surface area (Å²) in [5.74, 6) is 0.997. The second kappa shape index (κ2) is 10.7. The van der Waals surface area contributed by atoms with Gasteiger partial charge in [0.05, 0.1) is 18.9 Å². The standard InChI is InChI=1S/C15H29N3O2/c1-4-5-9-18-13-14(2)17-15(18)16-8-6-7-10-20-12-11-19-3/h13H,4-12H2,1-3H3,(H,16,17). The molecule has 0 aliphatic rings. The highest BCUT2D eigenvalue weighted by atomic mass is 16.5. The highest BCUT2D eigenvalue weighted by Crippen LogP contribution is 2.10. The zero-order valence-electron chi connectivity index (χ0n) is 13.2. The monoisotopic (exact) mass is 283 g/mol. The first kappa shape index (κ1) is 17.0. The molecule has 116 valence electrons. The van der Waals surface area contributed by atoms with Crippen molar-refractivity contribution in [1.82, 2.24) is 9.55 Å². The summed E-state index contributed by atoms with van der Waals surface area (Å²) >= 11 is 0. The zero-order valence-corrected chi connectivity index (χ0v) is 13.2. The summed E-state index contributed by atoms with van der Waals surface area (Å²) in [5.41, 5.74) is 1.08. The summed E-state index contributed by atoms with van der Waals surface area (Å²) < 4.78 is 12.6. The molecule has 0 radical (unpaired) electrons. The third-order valence-electron chi connectivity index (χ3n) is 3.08. The van der Waals surface area contributed by atoms with Gasteiger partial charge in [-0.25, -0.2) is 4.98 Å². The number of ether oxygens (including phenoxy) is 2. The van der Waals surface area contributed by atoms with E-state index >= 15 is 0 Å². The lowest BCUT2D eigenvalue weighted by Crippen LogP contribution is -2.10. The van der Waals surface area contributed by atoms with E-state index in [2.05, 4.69) is 28.0 Å². The average molecular weight is 283 g/mol. The van der Waals surface area contributed by atoms with E-state index in [4.69, 9.17) is 9.47 Å². The largest absolute Gasteiger partial charge is 0.382 e. The Morgan fingerprint density at radius 3 is 2.80 bits per heavy atom. The van der Waals surface area contributed by atoms with Crippen LogP contribution < -0.4 is 5.32 Å². The average Bonchev–Trinajstić information content (AvgIpc) is 2.79. The van der Waals surface area contributed by atoms with Crippen LogP contribution in [0.1, 0.15) is 38.3 Å². The molecule has 0 aliphatic heterocycles. The molecule has 1 N–H and O–H groups in total. The Morgan fingerprint density at radius 2 is 2.05 bits per heavy atom. The molecule has 0 bridgehead atoms. The molecule has 0 spiro atoms. The maximum absolute atomic E-state index is 5.43. The maximum Gasteiger partial charge on any atom is 0.203 e. The molecule has 5 nitrogen and oxygen atoms in total. The highest BCUT2D eigenvalue weighted by molar-refractivity contribution is 5.28. The van der Waals surface area contributed by atoms with Crippen molar-refractivity contribution in [2.75, 3.05) is 38.8 Å². The van der Waals surface area contributed by atoms with Crippen molar-refractivity contribution in [1.29, 1.82) is 0 Å². The summed E-state index contributed by atoms with van der Waals surface area (Å²) in [6.45, 7) is 8.39. The molecule has 0 aromatic carbocycles. The lowest BCUT2D eigenvalue weighted by Gasteiger charge is -2.09. The number of nitrogens with zero attached hydrogens (tertiary/aromatic N) is 2. The first-order valence-electron chi connectivity index (χ1n) is 7.62. The molecular weight excluding hydrogens is 254 g/mol. The number of aryl methyl sites for hydroxylation is 2. The van der Waals surface area contributed by atoms with Crippen LogP contribution in [0.3, 0.4) is 0 Å². The van der Waals surface area contributed by atoms with Crippen LogP contribution in [0.2, 0.25) is 0 Å². The van der Waals surface area contributed by atoms with Crippen LogP contribution in [0.25, 0.3) is 0 Å². The molecule has 0 saturated carbocycles. The van der Waals surface area contributed by atoms with Gasteiger partial charge in [-0.15, -0.1) is 0 Å². The van der Waals surface area contributed by atoms with Gasteiger partial charge in [0, 0.05) is 33.0 Å². The number of rotatable bonds is 12. The molecule has 5 heteroatoms. The Bertz CT molecular complexity index is 353. The van der Waals surface area contributed by atoms with Crippen LogP contribution in [0.4, 0.5) is 5.95 Å². The van der Waals surface area contributed by atoms with Crippen molar-refractivity contribution in [3.8, 4) is 0 Å². The zero-order chi connectivity index (χ0) is 14.6. The topological polar surface area (TPSA) is 48.3 Å². The molecule has 0 atom stereocenters. The quantitative estimate of drug-likeness (QED) is 0.599. The lowest BCUT2D eigenvalue weighted by atomic mass is 10.3. The number of nitrogens with one attached hydrogen (secondary N) is 1. The number of unbranched alkanes of at least 4 members (excludes halogenated alkanes) is 2. The van der Waals surface area contributed by atoms with E-state index < -0.39 is 0 Å². The fourth-order valence-corrected chi connectivity index (χ4v) is 1.96. The summed E-state index contributed by atoms with van der Waals surface area (Å²) in [6, 6.07) is 0. The van der Waals surface area contributed by atoms with Crippen molar-refractivity contribution in [2.45, 2.75) is 46.1 Å². The van der Waals surface area contributed by atoms with Crippen LogP contribution in [-0.4, -0.2) is 43.0 Å². The van der Waals surface area contributed by atoms with E-state index in [1.54, 1.807) is 7.11 Å². The molecule has 0 saturated heterocycles. The molecule has 1 aromatic heterocycles. The smallest absolute Gasteiger partial charge is 0.203 e. The maximum atomic E-state index is 5.43. The van der Waals surface area contributed by atoms with Crippen molar-refractivity contribution in [3.05, 3.63) is 11.9 Å². The number of hydrogen-bond acceptors (Lipinski definition) is 4. The van der Waals surface area contributed by atoms with Gasteiger partial charge in [0.2, 0.25) is 5.95 Å². The molecule has 1 aromatic rings. The number of hydrogen-bond donors (Lipinski definition) is 1. The summed E-state index contributed by atoms with van der Waals surface area (Å²) in [5, 5.41) is 3.42. The van der Waals surface area contributed by atoms with Crippen molar-refractivity contribution < 1.29 is 9.47 Å². The summed E-state index contributed by atoms with van der Waals surface area (Å²) in [4.78, 5) is 4.53. The van der Waals surface area contributed by atoms with Gasteiger partial charge >= 0.3 is 0 Å². The lowest BCUT2D eigenvalue weighted by molar-refractivity contribution is 0.0691. The highest BCUT2D eigenvalue weighted by Gasteiger charge is 2.04. The number of methoxy groups -OCH3 is 1. The van der Waals surface area contributed by atoms with Crippen LogP contribution >= 0.6 is 0 Å². The second-order valence-electron chi connectivity index (χ2n) is 4.99. The number of anilines is 1. The minimum absolute atomic E-state index is 0.673. The molecule has 0 amide bonds. The first-order valence-corrected chi connectivity index (χ1v) is 7.62. The van der Waals surface area contributed by atoms with E-state index in [0.29, 0.717) is 13.2 Å². The van der Waals surface area contributed by atoms with E-state index in [1.807, 2.05) is 6.92 Å². The van der Waals surface area contributed by atoms with E-state index in [1.165, 1.54) is 12.8 Å². The fraction of sp³-hybridized carbons (Fsp3) is 0.800. The molecule has 0 unspecified atom stereocenters. The van der Waals surface area contributed by atoms with Crippen LogP contribution in [0.15, 0.2) is 6.20 Å². The third-order valence-corrected chi connectivity index (χ3v) is 3.08. The van der Waals surface area contributed by atoms with Gasteiger partial charge in [-0.05, 0) is 26.2 Å². The van der Waals surface area contributed by atoms with Crippen molar-refractivity contribution in [2.24, 2.45) is 0 Å². The summed E-state index contributed by atoms with van der Waals surface area (Å²) in [6.07, 6.45) is 6.66. The Hall–Kier alpha value is -1.07. The second-order valence-corrected chi connectivity index (χ2v) is 4.99. The van der Waals surface area contributed by atoms with Gasteiger partial charge in [0.1, 0.15) is 0 Å². The van der Waals surface area contributed by atoms with Gasteiger partial charge < -0.3 is 19.4 Å². The van der Waals surface area contributed by atoms with Gasteiger partial charge in [-0.2, -0.15) is 0 Å². The number of imidazole rings is 1. The molecule has 20 heavy (non-hydrogen) atoms. The minimum Gasteiger partial charge on any atom is -0.382 e. The van der Waals surface area contributed by atoms with Crippen LogP contribution in [0.5, 0.6) is 0 Å². The molecular formula is C15H29N3O2. The van der Waals surface area contributed by atoms with E-state index in [0.717, 1.165) is 44.2 Å². The fourth-order valence-electron chi connectivity index (χ4n) is 1.96.